The fourth-order valence-corrected chi connectivity index (χ4v) is 0.818. The van der Waals surface area contributed by atoms with E-state index in [4.69, 9.17) is 5.11 Å². The van der Waals surface area contributed by atoms with Crippen LogP contribution in [-0.2, 0) is 14.4 Å². The standard InChI is InChI=1S/C9H6O4/c10-7-2-3-8(11)6(5-7)1-4-9(12)13/h1-5H,(H,12,13). The van der Waals surface area contributed by atoms with E-state index < -0.39 is 5.97 Å². The molecule has 0 unspecified atom stereocenters. The predicted molar refractivity (Wildman–Crippen MR) is 44.0 cm³/mol. The van der Waals surface area contributed by atoms with Crippen molar-refractivity contribution in [2.45, 2.75) is 0 Å². The SMILES string of the molecule is O=C(O)C=CC1=CC(=O)C=CC1=O. The van der Waals surface area contributed by atoms with Gasteiger partial charge in [-0.25, -0.2) is 4.79 Å². The Balaban J connectivity index is 2.86. The molecule has 0 atom stereocenters. The second-order valence-electron chi connectivity index (χ2n) is 2.37. The van der Waals surface area contributed by atoms with Crippen molar-refractivity contribution in [2.24, 2.45) is 0 Å². The molecule has 1 aliphatic carbocycles. The van der Waals surface area contributed by atoms with Crippen molar-refractivity contribution in [3.63, 3.8) is 0 Å². The van der Waals surface area contributed by atoms with Crippen LogP contribution in [0.3, 0.4) is 0 Å². The summed E-state index contributed by atoms with van der Waals surface area (Å²) in [5.41, 5.74) is 0.0925. The average Bonchev–Trinajstić information content (AvgIpc) is 2.06. The smallest absolute Gasteiger partial charge is 0.328 e. The zero-order valence-electron chi connectivity index (χ0n) is 6.56. The van der Waals surface area contributed by atoms with Crippen LogP contribution in [0.1, 0.15) is 0 Å². The number of allylic oxidation sites excluding steroid dienone is 5. The molecule has 0 aliphatic heterocycles. The topological polar surface area (TPSA) is 71.4 Å². The molecule has 0 aromatic carbocycles. The maximum Gasteiger partial charge on any atom is 0.328 e. The number of rotatable bonds is 2. The summed E-state index contributed by atoms with van der Waals surface area (Å²) in [6, 6.07) is 0. The highest BCUT2D eigenvalue weighted by Gasteiger charge is 2.09. The number of carboxylic acid groups (broad SMARTS) is 1. The molecule has 0 fully saturated rings. The van der Waals surface area contributed by atoms with Gasteiger partial charge in [0, 0.05) is 11.6 Å². The minimum absolute atomic E-state index is 0.0925. The van der Waals surface area contributed by atoms with Crippen molar-refractivity contribution in [1.82, 2.24) is 0 Å². The molecule has 0 saturated carbocycles. The summed E-state index contributed by atoms with van der Waals surface area (Å²) in [5, 5.41) is 8.27. The molecule has 0 amide bonds. The van der Waals surface area contributed by atoms with Crippen LogP contribution < -0.4 is 0 Å². The van der Waals surface area contributed by atoms with Crippen molar-refractivity contribution in [3.8, 4) is 0 Å². The molecular weight excluding hydrogens is 172 g/mol. The number of carboxylic acids is 1. The normalized spacial score (nSPS) is 16.5. The molecular formula is C9H6O4. The van der Waals surface area contributed by atoms with Gasteiger partial charge in [0.2, 0.25) is 0 Å². The second kappa shape index (κ2) is 3.62. The Kier molecular flexibility index (Phi) is 2.54. The third kappa shape index (κ3) is 2.52. The predicted octanol–water partition coefficient (Wildman–Crippen LogP) is 0.262. The summed E-state index contributed by atoms with van der Waals surface area (Å²) in [6.45, 7) is 0. The summed E-state index contributed by atoms with van der Waals surface area (Å²) < 4.78 is 0. The number of aliphatic carboxylic acids is 1. The molecule has 1 rings (SSSR count). The van der Waals surface area contributed by atoms with Crippen LogP contribution in [0.4, 0.5) is 0 Å². The molecule has 4 heteroatoms. The van der Waals surface area contributed by atoms with Crippen molar-refractivity contribution in [2.75, 3.05) is 0 Å². The van der Waals surface area contributed by atoms with E-state index in [1.807, 2.05) is 0 Å². The monoisotopic (exact) mass is 178 g/mol. The van der Waals surface area contributed by atoms with Crippen LogP contribution >= 0.6 is 0 Å². The van der Waals surface area contributed by atoms with E-state index in [0.29, 0.717) is 0 Å². The molecule has 0 bridgehead atoms. The zero-order chi connectivity index (χ0) is 9.84. The van der Waals surface area contributed by atoms with Crippen molar-refractivity contribution in [1.29, 1.82) is 0 Å². The van der Waals surface area contributed by atoms with Crippen molar-refractivity contribution < 1.29 is 19.5 Å². The van der Waals surface area contributed by atoms with Crippen molar-refractivity contribution >= 4 is 17.5 Å². The Morgan fingerprint density at radius 1 is 1.31 bits per heavy atom. The first kappa shape index (κ1) is 9.12. The first-order chi connectivity index (χ1) is 6.09. The van der Waals surface area contributed by atoms with Crippen molar-refractivity contribution in [3.05, 3.63) is 36.0 Å². The first-order valence-corrected chi connectivity index (χ1v) is 3.48. The molecule has 0 aromatic rings. The van der Waals surface area contributed by atoms with E-state index in [0.717, 1.165) is 30.4 Å². The van der Waals surface area contributed by atoms with E-state index in [-0.39, 0.29) is 17.1 Å². The third-order valence-electron chi connectivity index (χ3n) is 1.39. The first-order valence-electron chi connectivity index (χ1n) is 3.48. The van der Waals surface area contributed by atoms with Gasteiger partial charge >= 0.3 is 5.97 Å². The van der Waals surface area contributed by atoms with Gasteiger partial charge in [-0.3, -0.25) is 9.59 Å². The molecule has 1 aliphatic rings. The van der Waals surface area contributed by atoms with E-state index in [9.17, 15) is 14.4 Å². The highest BCUT2D eigenvalue weighted by Crippen LogP contribution is 2.06. The highest BCUT2D eigenvalue weighted by molar-refractivity contribution is 6.18. The quantitative estimate of drug-likeness (QED) is 0.486. The van der Waals surface area contributed by atoms with Gasteiger partial charge in [0.25, 0.3) is 0 Å². The number of hydrogen-bond donors (Lipinski definition) is 1. The van der Waals surface area contributed by atoms with Gasteiger partial charge < -0.3 is 5.11 Å². The van der Waals surface area contributed by atoms with Gasteiger partial charge in [-0.2, -0.15) is 0 Å². The maximum atomic E-state index is 11.0. The summed E-state index contributed by atoms with van der Waals surface area (Å²) in [7, 11) is 0. The van der Waals surface area contributed by atoms with Gasteiger partial charge in [0.15, 0.2) is 11.6 Å². The Hall–Kier alpha value is -1.97. The molecule has 1 N–H and O–H groups in total. The summed E-state index contributed by atoms with van der Waals surface area (Å²) in [6.07, 6.45) is 5.27. The van der Waals surface area contributed by atoms with Gasteiger partial charge in [-0.05, 0) is 24.3 Å². The van der Waals surface area contributed by atoms with Crippen LogP contribution in [0, 0.1) is 0 Å². The minimum Gasteiger partial charge on any atom is -0.478 e. The van der Waals surface area contributed by atoms with Crippen LogP contribution in [0.15, 0.2) is 36.0 Å². The lowest BCUT2D eigenvalue weighted by atomic mass is 10.0. The fourth-order valence-electron chi connectivity index (χ4n) is 0.818. The largest absolute Gasteiger partial charge is 0.478 e. The van der Waals surface area contributed by atoms with E-state index >= 15 is 0 Å². The molecule has 0 saturated heterocycles. The van der Waals surface area contributed by atoms with Crippen LogP contribution in [-0.4, -0.2) is 22.6 Å². The summed E-state index contributed by atoms with van der Waals surface area (Å²) >= 11 is 0. The minimum atomic E-state index is -1.16. The Morgan fingerprint density at radius 2 is 2.00 bits per heavy atom. The van der Waals surface area contributed by atoms with E-state index in [1.165, 1.54) is 0 Å². The lowest BCUT2D eigenvalue weighted by molar-refractivity contribution is -0.131. The molecule has 66 valence electrons. The summed E-state index contributed by atoms with van der Waals surface area (Å²) in [4.78, 5) is 31.9. The second-order valence-corrected chi connectivity index (χ2v) is 2.37. The molecule has 4 nitrogen and oxygen atoms in total. The number of carbonyl (C=O) groups is 3. The molecule has 0 spiro atoms. The lowest BCUT2D eigenvalue weighted by Gasteiger charge is -1.99. The van der Waals surface area contributed by atoms with Crippen LogP contribution in [0.25, 0.3) is 0 Å². The maximum absolute atomic E-state index is 11.0. The summed E-state index contributed by atoms with van der Waals surface area (Å²) in [5.74, 6) is -1.84. The van der Waals surface area contributed by atoms with Gasteiger partial charge in [-0.15, -0.1) is 0 Å². The Labute approximate surface area is 73.9 Å². The Bertz CT molecular complexity index is 358. The lowest BCUT2D eigenvalue weighted by Crippen LogP contribution is -2.05. The average molecular weight is 178 g/mol. The molecule has 0 heterocycles. The number of hydrogen-bond acceptors (Lipinski definition) is 3. The third-order valence-corrected chi connectivity index (χ3v) is 1.39. The van der Waals surface area contributed by atoms with Gasteiger partial charge in [0.05, 0.1) is 0 Å². The van der Waals surface area contributed by atoms with Gasteiger partial charge in [0.1, 0.15) is 0 Å². The van der Waals surface area contributed by atoms with Crippen LogP contribution in [0.5, 0.6) is 0 Å². The van der Waals surface area contributed by atoms with Crippen LogP contribution in [0.2, 0.25) is 0 Å². The zero-order valence-corrected chi connectivity index (χ0v) is 6.56. The van der Waals surface area contributed by atoms with E-state index in [1.54, 1.807) is 0 Å². The highest BCUT2D eigenvalue weighted by atomic mass is 16.4. The number of ketones is 2. The molecule has 0 radical (unpaired) electrons. The van der Waals surface area contributed by atoms with Gasteiger partial charge in [-0.1, -0.05) is 0 Å². The number of carbonyl (C=O) groups excluding carboxylic acids is 2. The Morgan fingerprint density at radius 3 is 2.62 bits per heavy atom. The fraction of sp³-hybridized carbons (Fsp3) is 0. The molecule has 0 aromatic heterocycles. The molecule has 13 heavy (non-hydrogen) atoms. The van der Waals surface area contributed by atoms with E-state index in [2.05, 4.69) is 0 Å².